The van der Waals surface area contributed by atoms with Crippen LogP contribution in [0.2, 0.25) is 0 Å². The first kappa shape index (κ1) is 24.5. The monoisotopic (exact) mass is 470 g/mol. The van der Waals surface area contributed by atoms with Crippen molar-refractivity contribution in [3.8, 4) is 5.75 Å². The van der Waals surface area contributed by atoms with Gasteiger partial charge in [0.1, 0.15) is 18.0 Å². The average molecular weight is 470 g/mol. The summed E-state index contributed by atoms with van der Waals surface area (Å²) < 4.78 is 46.8. The normalized spacial score (nSPS) is 19.8. The number of carbonyl (C=O) groups is 3. The van der Waals surface area contributed by atoms with Gasteiger partial charge in [-0.2, -0.15) is 5.10 Å². The van der Waals surface area contributed by atoms with E-state index in [0.717, 1.165) is 0 Å². The van der Waals surface area contributed by atoms with Crippen LogP contribution >= 0.6 is 0 Å². The fourth-order valence-corrected chi connectivity index (χ4v) is 3.51. The van der Waals surface area contributed by atoms with Gasteiger partial charge in [-0.1, -0.05) is 12.1 Å². The molecule has 1 unspecified atom stereocenters. The van der Waals surface area contributed by atoms with Gasteiger partial charge in [-0.05, 0) is 31.5 Å². The zero-order valence-corrected chi connectivity index (χ0v) is 18.2. The molecule has 1 atom stereocenters. The van der Waals surface area contributed by atoms with Crippen LogP contribution in [0.15, 0.2) is 29.4 Å². The SMILES string of the molecule is CC(C)N1CC(OCc2ccc(OC(F)(F)F)cc2)CN(C(=O)C2=NNC(=O)CC2)CC1=O. The number of nitrogens with one attached hydrogen (secondary N) is 1. The van der Waals surface area contributed by atoms with Gasteiger partial charge >= 0.3 is 6.36 Å². The van der Waals surface area contributed by atoms with E-state index in [2.05, 4.69) is 15.3 Å². The molecule has 2 aliphatic heterocycles. The van der Waals surface area contributed by atoms with Gasteiger partial charge in [0.25, 0.3) is 5.91 Å². The standard InChI is InChI=1S/C21H25F3N4O5/c1-13(2)28-10-16(32-12-14-3-5-15(6-4-14)33-21(22,23)24)9-27(11-19(28)30)20(31)17-7-8-18(29)26-25-17/h3-6,13,16H,7-12H2,1-2H3,(H,26,29). The van der Waals surface area contributed by atoms with Crippen LogP contribution < -0.4 is 10.2 Å². The number of rotatable bonds is 6. The molecule has 1 fully saturated rings. The first-order valence-electron chi connectivity index (χ1n) is 10.4. The molecular weight excluding hydrogens is 445 g/mol. The summed E-state index contributed by atoms with van der Waals surface area (Å²) in [6.07, 6.45) is -4.99. The molecule has 9 nitrogen and oxygen atoms in total. The quantitative estimate of drug-likeness (QED) is 0.684. The number of alkyl halides is 3. The van der Waals surface area contributed by atoms with E-state index in [0.29, 0.717) is 5.56 Å². The molecule has 180 valence electrons. The Morgan fingerprint density at radius 1 is 1.18 bits per heavy atom. The Hall–Kier alpha value is -3.15. The summed E-state index contributed by atoms with van der Waals surface area (Å²) in [5.41, 5.74) is 3.05. The Bertz CT molecular complexity index is 917. The lowest BCUT2D eigenvalue weighted by atomic mass is 10.1. The second-order valence-corrected chi connectivity index (χ2v) is 8.04. The summed E-state index contributed by atoms with van der Waals surface area (Å²) in [4.78, 5) is 39.9. The molecule has 12 heteroatoms. The van der Waals surface area contributed by atoms with Gasteiger partial charge < -0.3 is 19.3 Å². The zero-order valence-electron chi connectivity index (χ0n) is 18.2. The predicted octanol–water partition coefficient (Wildman–Crippen LogP) is 1.82. The third-order valence-corrected chi connectivity index (χ3v) is 5.18. The van der Waals surface area contributed by atoms with Crippen LogP contribution in [-0.2, 0) is 25.7 Å². The molecule has 0 aromatic heterocycles. The molecule has 0 bridgehead atoms. The molecule has 3 rings (SSSR count). The summed E-state index contributed by atoms with van der Waals surface area (Å²) in [5, 5.41) is 3.82. The Morgan fingerprint density at radius 2 is 1.88 bits per heavy atom. The van der Waals surface area contributed by atoms with Gasteiger partial charge in [0.15, 0.2) is 0 Å². The molecule has 0 saturated carbocycles. The van der Waals surface area contributed by atoms with Crippen molar-refractivity contribution in [2.24, 2.45) is 5.10 Å². The van der Waals surface area contributed by atoms with Crippen molar-refractivity contribution in [3.63, 3.8) is 0 Å². The highest BCUT2D eigenvalue weighted by Crippen LogP contribution is 2.23. The second-order valence-electron chi connectivity index (χ2n) is 8.04. The maximum atomic E-state index is 12.9. The number of hydrogen-bond donors (Lipinski definition) is 1. The van der Waals surface area contributed by atoms with Gasteiger partial charge in [0.05, 0.1) is 12.7 Å². The minimum Gasteiger partial charge on any atom is -0.406 e. The summed E-state index contributed by atoms with van der Waals surface area (Å²) in [6, 6.07) is 5.16. The van der Waals surface area contributed by atoms with Gasteiger partial charge in [0.2, 0.25) is 11.8 Å². The smallest absolute Gasteiger partial charge is 0.406 e. The zero-order chi connectivity index (χ0) is 24.2. The number of amides is 3. The first-order valence-corrected chi connectivity index (χ1v) is 10.4. The van der Waals surface area contributed by atoms with E-state index >= 15 is 0 Å². The van der Waals surface area contributed by atoms with Crippen LogP contribution in [0, 0.1) is 0 Å². The Balaban J connectivity index is 1.69. The molecule has 1 N–H and O–H groups in total. The Morgan fingerprint density at radius 3 is 2.45 bits per heavy atom. The number of hydrazone groups is 1. The first-order chi connectivity index (χ1) is 15.5. The van der Waals surface area contributed by atoms with E-state index in [4.69, 9.17) is 4.74 Å². The highest BCUT2D eigenvalue weighted by molar-refractivity contribution is 6.39. The molecule has 3 amide bonds. The number of halogens is 3. The van der Waals surface area contributed by atoms with Crippen LogP contribution in [0.5, 0.6) is 5.75 Å². The van der Waals surface area contributed by atoms with E-state index < -0.39 is 18.4 Å². The van der Waals surface area contributed by atoms with Crippen molar-refractivity contribution in [1.82, 2.24) is 15.2 Å². The number of hydrogen-bond acceptors (Lipinski definition) is 6. The molecule has 2 heterocycles. The third kappa shape index (κ3) is 6.91. The van der Waals surface area contributed by atoms with E-state index in [1.165, 1.54) is 29.2 Å². The van der Waals surface area contributed by atoms with Crippen LogP contribution in [0.4, 0.5) is 13.2 Å². The van der Waals surface area contributed by atoms with Crippen molar-refractivity contribution < 1.29 is 37.0 Å². The van der Waals surface area contributed by atoms with Gasteiger partial charge in [0, 0.05) is 32.0 Å². The van der Waals surface area contributed by atoms with Gasteiger partial charge in [-0.25, -0.2) is 5.43 Å². The van der Waals surface area contributed by atoms with Crippen molar-refractivity contribution >= 4 is 23.4 Å². The van der Waals surface area contributed by atoms with E-state index in [9.17, 15) is 27.6 Å². The lowest BCUT2D eigenvalue weighted by Crippen LogP contribution is -2.45. The van der Waals surface area contributed by atoms with Crippen LogP contribution in [0.1, 0.15) is 32.3 Å². The van der Waals surface area contributed by atoms with Crippen molar-refractivity contribution in [2.75, 3.05) is 19.6 Å². The minimum absolute atomic E-state index is 0.0656. The number of carbonyl (C=O) groups excluding carboxylic acids is 3. The van der Waals surface area contributed by atoms with Crippen LogP contribution in [-0.4, -0.2) is 71.4 Å². The molecule has 0 radical (unpaired) electrons. The molecule has 0 aliphatic carbocycles. The van der Waals surface area contributed by atoms with Gasteiger partial charge in [-0.3, -0.25) is 14.4 Å². The maximum Gasteiger partial charge on any atom is 0.573 e. The number of nitrogens with zero attached hydrogens (tertiary/aromatic N) is 3. The molecule has 1 saturated heterocycles. The summed E-state index contributed by atoms with van der Waals surface area (Å²) in [5.74, 6) is -1.30. The molecule has 0 spiro atoms. The Labute approximate surface area is 188 Å². The third-order valence-electron chi connectivity index (χ3n) is 5.18. The molecule has 1 aromatic rings. The molecule has 2 aliphatic rings. The van der Waals surface area contributed by atoms with E-state index in [-0.39, 0.29) is 68.4 Å². The highest BCUT2D eigenvalue weighted by Gasteiger charge is 2.34. The van der Waals surface area contributed by atoms with E-state index in [1.54, 1.807) is 4.90 Å². The molecular formula is C21H25F3N4O5. The van der Waals surface area contributed by atoms with E-state index in [1.807, 2.05) is 13.8 Å². The van der Waals surface area contributed by atoms with Crippen molar-refractivity contribution in [3.05, 3.63) is 29.8 Å². The lowest BCUT2D eigenvalue weighted by molar-refractivity contribution is -0.274. The maximum absolute atomic E-state index is 12.9. The highest BCUT2D eigenvalue weighted by atomic mass is 19.4. The fraction of sp³-hybridized carbons (Fsp3) is 0.524. The van der Waals surface area contributed by atoms with Gasteiger partial charge in [-0.15, -0.1) is 13.2 Å². The molecule has 1 aromatic carbocycles. The minimum atomic E-state index is -4.77. The average Bonchev–Trinajstić information content (AvgIpc) is 2.91. The molecule has 33 heavy (non-hydrogen) atoms. The Kier molecular flexibility index (Phi) is 7.57. The van der Waals surface area contributed by atoms with Crippen molar-refractivity contribution in [1.29, 1.82) is 0 Å². The predicted molar refractivity (Wildman–Crippen MR) is 110 cm³/mol. The summed E-state index contributed by atoms with van der Waals surface area (Å²) >= 11 is 0. The topological polar surface area (TPSA) is 101 Å². The largest absolute Gasteiger partial charge is 0.573 e. The van der Waals surface area contributed by atoms with Crippen LogP contribution in [0.25, 0.3) is 0 Å². The summed E-state index contributed by atoms with van der Waals surface area (Å²) in [7, 11) is 0. The fourth-order valence-electron chi connectivity index (χ4n) is 3.51. The number of ether oxygens (including phenoxy) is 2. The summed E-state index contributed by atoms with van der Waals surface area (Å²) in [6.45, 7) is 4.00. The van der Waals surface area contributed by atoms with Crippen molar-refractivity contribution in [2.45, 2.75) is 51.8 Å². The lowest BCUT2D eigenvalue weighted by Gasteiger charge is -2.27. The number of benzene rings is 1. The van der Waals surface area contributed by atoms with Crippen LogP contribution in [0.3, 0.4) is 0 Å². The second kappa shape index (κ2) is 10.2.